The smallest absolute Gasteiger partial charge is 0.222 e. The maximum atomic E-state index is 11.9. The highest BCUT2D eigenvalue weighted by molar-refractivity contribution is 5.79. The van der Waals surface area contributed by atoms with E-state index in [0.29, 0.717) is 19.5 Å². The maximum absolute atomic E-state index is 11.9. The van der Waals surface area contributed by atoms with E-state index < -0.39 is 0 Å². The van der Waals surface area contributed by atoms with Gasteiger partial charge in [0.05, 0.1) is 6.54 Å². The molecule has 1 atom stereocenters. The Hall–Kier alpha value is -2.08. The molecule has 6 nitrogen and oxygen atoms in total. The predicted molar refractivity (Wildman–Crippen MR) is 123 cm³/mol. The number of likely N-dealkylation sites (tertiary alicyclic amines) is 2. The number of carbonyl (C=O) groups is 1. The number of nitrogens with zero attached hydrogens (tertiary/aromatic N) is 3. The Morgan fingerprint density at radius 3 is 2.80 bits per heavy atom. The number of piperidine rings is 1. The minimum atomic E-state index is 0.274. The van der Waals surface area contributed by atoms with Crippen molar-refractivity contribution in [2.75, 3.05) is 32.7 Å². The molecular formula is C24H39N5O. The van der Waals surface area contributed by atoms with Crippen molar-refractivity contribution in [3.63, 3.8) is 0 Å². The molecule has 0 aromatic heterocycles. The van der Waals surface area contributed by atoms with Crippen molar-refractivity contribution in [3.8, 4) is 0 Å². The molecule has 30 heavy (non-hydrogen) atoms. The topological polar surface area (TPSA) is 60.0 Å². The number of hydrogen-bond donors (Lipinski definition) is 2. The lowest BCUT2D eigenvalue weighted by Crippen LogP contribution is -2.41. The lowest BCUT2D eigenvalue weighted by atomic mass is 10.0. The van der Waals surface area contributed by atoms with E-state index in [1.165, 1.54) is 36.9 Å². The van der Waals surface area contributed by atoms with Gasteiger partial charge in [0.25, 0.3) is 0 Å². The Morgan fingerprint density at radius 1 is 1.17 bits per heavy atom. The number of aliphatic imine (C=N–C) groups is 1. The van der Waals surface area contributed by atoms with Crippen LogP contribution in [-0.4, -0.2) is 60.4 Å². The van der Waals surface area contributed by atoms with Gasteiger partial charge < -0.3 is 20.4 Å². The number of rotatable bonds is 9. The summed E-state index contributed by atoms with van der Waals surface area (Å²) in [6, 6.07) is 9.19. The highest BCUT2D eigenvalue weighted by atomic mass is 16.2. The van der Waals surface area contributed by atoms with Gasteiger partial charge in [-0.3, -0.25) is 4.79 Å². The summed E-state index contributed by atoms with van der Waals surface area (Å²) < 4.78 is 0. The SMILES string of the molecule is CCNC(=NCc1cccc(CN2CCCC2=O)c1)NCCCN1CCCCC1C. The molecule has 2 heterocycles. The molecule has 2 aliphatic heterocycles. The Morgan fingerprint density at radius 2 is 2.03 bits per heavy atom. The quantitative estimate of drug-likeness (QED) is 0.371. The normalized spacial score (nSPS) is 20.6. The number of amides is 1. The minimum Gasteiger partial charge on any atom is -0.357 e. The second-order valence-corrected chi connectivity index (χ2v) is 8.60. The fourth-order valence-electron chi connectivity index (χ4n) is 4.41. The molecule has 0 radical (unpaired) electrons. The van der Waals surface area contributed by atoms with Crippen molar-refractivity contribution in [1.29, 1.82) is 0 Å². The highest BCUT2D eigenvalue weighted by Crippen LogP contribution is 2.17. The van der Waals surface area contributed by atoms with Crippen molar-refractivity contribution in [3.05, 3.63) is 35.4 Å². The fraction of sp³-hybridized carbons (Fsp3) is 0.667. The van der Waals surface area contributed by atoms with Crippen LogP contribution in [0.4, 0.5) is 0 Å². The largest absolute Gasteiger partial charge is 0.357 e. The molecule has 3 rings (SSSR count). The van der Waals surface area contributed by atoms with E-state index in [0.717, 1.165) is 51.0 Å². The Balaban J connectivity index is 1.46. The first-order valence-corrected chi connectivity index (χ1v) is 11.8. The van der Waals surface area contributed by atoms with Crippen LogP contribution in [0.25, 0.3) is 0 Å². The Bertz CT molecular complexity index is 705. The van der Waals surface area contributed by atoms with Gasteiger partial charge in [-0.05, 0) is 57.2 Å². The van der Waals surface area contributed by atoms with Gasteiger partial charge in [0.1, 0.15) is 0 Å². The molecule has 6 heteroatoms. The molecule has 2 N–H and O–H groups in total. The molecule has 2 saturated heterocycles. The van der Waals surface area contributed by atoms with Gasteiger partial charge in [0.2, 0.25) is 5.91 Å². The van der Waals surface area contributed by atoms with Crippen LogP contribution in [0.15, 0.2) is 29.3 Å². The summed E-state index contributed by atoms with van der Waals surface area (Å²) in [6.07, 6.45) is 6.86. The number of carbonyl (C=O) groups excluding carboxylic acids is 1. The van der Waals surface area contributed by atoms with E-state index in [4.69, 9.17) is 4.99 Å². The van der Waals surface area contributed by atoms with Gasteiger partial charge in [-0.2, -0.15) is 0 Å². The van der Waals surface area contributed by atoms with Crippen LogP contribution < -0.4 is 10.6 Å². The first-order chi connectivity index (χ1) is 14.7. The third-order valence-electron chi connectivity index (χ3n) is 6.16. The monoisotopic (exact) mass is 413 g/mol. The summed E-state index contributed by atoms with van der Waals surface area (Å²) in [6.45, 7) is 10.9. The molecule has 1 amide bonds. The molecule has 1 aromatic carbocycles. The standard InChI is InChI=1S/C24H39N5O/c1-3-25-24(26-13-8-16-28-14-5-4-9-20(28)2)27-18-21-10-6-11-22(17-21)19-29-15-7-12-23(29)30/h6,10-11,17,20H,3-5,7-9,12-16,18-19H2,1-2H3,(H2,25,26,27). The molecule has 0 aliphatic carbocycles. The van der Waals surface area contributed by atoms with Crippen LogP contribution in [0.5, 0.6) is 0 Å². The van der Waals surface area contributed by atoms with E-state index in [2.05, 4.69) is 53.6 Å². The Kier molecular flexibility index (Phi) is 9.00. The molecule has 2 aliphatic rings. The lowest BCUT2D eigenvalue weighted by Gasteiger charge is -2.33. The molecular weight excluding hydrogens is 374 g/mol. The van der Waals surface area contributed by atoms with Gasteiger partial charge in [-0.1, -0.05) is 30.7 Å². The second-order valence-electron chi connectivity index (χ2n) is 8.60. The van der Waals surface area contributed by atoms with Gasteiger partial charge in [0.15, 0.2) is 5.96 Å². The van der Waals surface area contributed by atoms with Crippen molar-refractivity contribution in [2.24, 2.45) is 4.99 Å². The van der Waals surface area contributed by atoms with Crippen LogP contribution in [0.3, 0.4) is 0 Å². The summed E-state index contributed by atoms with van der Waals surface area (Å²) in [7, 11) is 0. The van der Waals surface area contributed by atoms with E-state index in [9.17, 15) is 4.79 Å². The molecule has 0 bridgehead atoms. The zero-order chi connectivity index (χ0) is 21.2. The molecule has 0 spiro atoms. The average Bonchev–Trinajstić information content (AvgIpc) is 3.15. The number of guanidine groups is 1. The van der Waals surface area contributed by atoms with Crippen molar-refractivity contribution in [2.45, 2.75) is 71.5 Å². The average molecular weight is 414 g/mol. The van der Waals surface area contributed by atoms with Gasteiger partial charge in [-0.25, -0.2) is 4.99 Å². The Labute approximate surface area is 182 Å². The highest BCUT2D eigenvalue weighted by Gasteiger charge is 2.20. The number of hydrogen-bond acceptors (Lipinski definition) is 3. The van der Waals surface area contributed by atoms with Gasteiger partial charge in [-0.15, -0.1) is 0 Å². The molecule has 1 unspecified atom stereocenters. The molecule has 1 aromatic rings. The van der Waals surface area contributed by atoms with E-state index >= 15 is 0 Å². The summed E-state index contributed by atoms with van der Waals surface area (Å²) in [5, 5.41) is 6.84. The first kappa shape index (κ1) is 22.6. The van der Waals surface area contributed by atoms with Crippen LogP contribution in [0.1, 0.15) is 63.5 Å². The van der Waals surface area contributed by atoms with Crippen molar-refractivity contribution >= 4 is 11.9 Å². The van der Waals surface area contributed by atoms with Gasteiger partial charge >= 0.3 is 0 Å². The van der Waals surface area contributed by atoms with E-state index in [1.807, 2.05) is 4.90 Å². The zero-order valence-electron chi connectivity index (χ0n) is 18.8. The summed E-state index contributed by atoms with van der Waals surface area (Å²) in [5.74, 6) is 1.15. The van der Waals surface area contributed by atoms with Gasteiger partial charge in [0, 0.05) is 45.2 Å². The summed E-state index contributed by atoms with van der Waals surface area (Å²) in [4.78, 5) is 21.2. The number of nitrogens with one attached hydrogen (secondary N) is 2. The fourth-order valence-corrected chi connectivity index (χ4v) is 4.41. The molecule has 2 fully saturated rings. The van der Waals surface area contributed by atoms with E-state index in [-0.39, 0.29) is 5.91 Å². The molecule has 0 saturated carbocycles. The number of benzene rings is 1. The van der Waals surface area contributed by atoms with Crippen LogP contribution in [0.2, 0.25) is 0 Å². The van der Waals surface area contributed by atoms with Crippen LogP contribution in [0, 0.1) is 0 Å². The summed E-state index contributed by atoms with van der Waals surface area (Å²) in [5.41, 5.74) is 2.37. The lowest BCUT2D eigenvalue weighted by molar-refractivity contribution is -0.128. The maximum Gasteiger partial charge on any atom is 0.222 e. The third-order valence-corrected chi connectivity index (χ3v) is 6.16. The summed E-state index contributed by atoms with van der Waals surface area (Å²) >= 11 is 0. The zero-order valence-corrected chi connectivity index (χ0v) is 18.8. The van der Waals surface area contributed by atoms with Crippen LogP contribution >= 0.6 is 0 Å². The second kappa shape index (κ2) is 11.9. The third kappa shape index (κ3) is 7.01. The molecule has 166 valence electrons. The minimum absolute atomic E-state index is 0.274. The van der Waals surface area contributed by atoms with Crippen molar-refractivity contribution in [1.82, 2.24) is 20.4 Å². The van der Waals surface area contributed by atoms with Crippen LogP contribution in [-0.2, 0) is 17.9 Å². The first-order valence-electron chi connectivity index (χ1n) is 11.8. The predicted octanol–water partition coefficient (Wildman–Crippen LogP) is 3.13. The van der Waals surface area contributed by atoms with Crippen molar-refractivity contribution < 1.29 is 4.79 Å². The van der Waals surface area contributed by atoms with E-state index in [1.54, 1.807) is 0 Å².